The van der Waals surface area contributed by atoms with Crippen molar-refractivity contribution in [1.29, 1.82) is 5.41 Å². The van der Waals surface area contributed by atoms with Gasteiger partial charge >= 0.3 is 0 Å². The van der Waals surface area contributed by atoms with Crippen molar-refractivity contribution in [3.8, 4) is 0 Å². The van der Waals surface area contributed by atoms with Crippen LogP contribution < -0.4 is 0 Å². The molecule has 1 heterocycles. The van der Waals surface area contributed by atoms with E-state index in [-0.39, 0.29) is 5.04 Å². The van der Waals surface area contributed by atoms with Crippen LogP contribution >= 0.6 is 11.8 Å². The summed E-state index contributed by atoms with van der Waals surface area (Å²) in [5.41, 5.74) is -0.895. The predicted octanol–water partition coefficient (Wildman–Crippen LogP) is -0.954. The molecule has 0 aliphatic carbocycles. The molecule has 0 bridgehead atoms. The molecule has 0 aromatic carbocycles. The molecule has 0 spiro atoms. The van der Waals surface area contributed by atoms with Gasteiger partial charge in [-0.25, -0.2) is 0 Å². The SMILES string of the molecule is CS(=O)CCCCC(=N)S[C@@H]1O[C@H](CO)[C@@H](O)[C@H](O)[C@H]1O. The van der Waals surface area contributed by atoms with Crippen LogP contribution in [0.4, 0.5) is 0 Å². The van der Waals surface area contributed by atoms with Crippen LogP contribution in [0.2, 0.25) is 0 Å². The van der Waals surface area contributed by atoms with Gasteiger partial charge < -0.3 is 25.2 Å². The quantitative estimate of drug-likeness (QED) is 0.229. The number of aliphatic hydroxyl groups is 4. The number of ether oxygens (including phenoxy) is 1. The van der Waals surface area contributed by atoms with Gasteiger partial charge in [0.2, 0.25) is 0 Å². The van der Waals surface area contributed by atoms with Crippen molar-refractivity contribution in [3.63, 3.8) is 0 Å². The number of hydrogen-bond donors (Lipinski definition) is 5. The van der Waals surface area contributed by atoms with E-state index in [2.05, 4.69) is 0 Å². The molecule has 0 aromatic rings. The largest absolute Gasteiger partial charge is 0.394 e. The number of nitrogens with one attached hydrogen (secondary N) is 1. The Morgan fingerprint density at radius 2 is 1.90 bits per heavy atom. The molecule has 0 aromatic heterocycles. The van der Waals surface area contributed by atoms with Crippen molar-refractivity contribution in [2.24, 2.45) is 0 Å². The highest BCUT2D eigenvalue weighted by Crippen LogP contribution is 2.29. The Bertz CT molecular complexity index is 368. The van der Waals surface area contributed by atoms with E-state index in [1.54, 1.807) is 6.26 Å². The average molecular weight is 341 g/mol. The molecule has 124 valence electrons. The summed E-state index contributed by atoms with van der Waals surface area (Å²) in [6, 6.07) is 0. The monoisotopic (exact) mass is 341 g/mol. The van der Waals surface area contributed by atoms with Crippen molar-refractivity contribution in [3.05, 3.63) is 0 Å². The highest BCUT2D eigenvalue weighted by atomic mass is 32.2. The van der Waals surface area contributed by atoms with Gasteiger partial charge in [0.15, 0.2) is 0 Å². The zero-order chi connectivity index (χ0) is 16.0. The minimum absolute atomic E-state index is 0.279. The molecule has 7 nitrogen and oxygen atoms in total. The third kappa shape index (κ3) is 5.93. The fourth-order valence-corrected chi connectivity index (χ4v) is 3.61. The Balaban J connectivity index is 2.41. The average Bonchev–Trinajstić information content (AvgIpc) is 2.44. The lowest BCUT2D eigenvalue weighted by atomic mass is 10.0. The van der Waals surface area contributed by atoms with Gasteiger partial charge in [-0.05, 0) is 19.3 Å². The Hall–Kier alpha value is -0.0300. The second-order valence-electron chi connectivity index (χ2n) is 4.97. The minimum Gasteiger partial charge on any atom is -0.394 e. The normalized spacial score (nSPS) is 34.6. The summed E-state index contributed by atoms with van der Waals surface area (Å²) in [5, 5.41) is 46.3. The summed E-state index contributed by atoms with van der Waals surface area (Å²) in [7, 11) is -0.838. The fourth-order valence-electron chi connectivity index (χ4n) is 1.95. The summed E-state index contributed by atoms with van der Waals surface area (Å²) in [5.74, 6) is 0.595. The lowest BCUT2D eigenvalue weighted by Crippen LogP contribution is -2.57. The van der Waals surface area contributed by atoms with E-state index in [4.69, 9.17) is 15.3 Å². The van der Waals surface area contributed by atoms with E-state index >= 15 is 0 Å². The molecule has 1 fully saturated rings. The molecule has 0 saturated carbocycles. The third-order valence-corrected chi connectivity index (χ3v) is 5.17. The molecule has 5 N–H and O–H groups in total. The van der Waals surface area contributed by atoms with Crippen LogP contribution in [-0.4, -0.2) is 78.1 Å². The maximum Gasteiger partial charge on any atom is 0.137 e. The summed E-state index contributed by atoms with van der Waals surface area (Å²) in [6.45, 7) is -0.475. The lowest BCUT2D eigenvalue weighted by Gasteiger charge is -2.39. The van der Waals surface area contributed by atoms with Gasteiger partial charge in [0.05, 0.1) is 11.7 Å². The van der Waals surface area contributed by atoms with Gasteiger partial charge in [-0.3, -0.25) is 9.62 Å². The van der Waals surface area contributed by atoms with Crippen LogP contribution in [0.25, 0.3) is 0 Å². The highest BCUT2D eigenvalue weighted by Gasteiger charge is 2.43. The van der Waals surface area contributed by atoms with Crippen LogP contribution in [0.5, 0.6) is 0 Å². The van der Waals surface area contributed by atoms with Crippen molar-refractivity contribution in [2.75, 3.05) is 18.6 Å². The second kappa shape index (κ2) is 9.19. The maximum atomic E-state index is 10.9. The summed E-state index contributed by atoms with van der Waals surface area (Å²) in [6.07, 6.45) is -1.50. The summed E-state index contributed by atoms with van der Waals surface area (Å²) < 4.78 is 16.2. The Morgan fingerprint density at radius 1 is 1.24 bits per heavy atom. The van der Waals surface area contributed by atoms with Crippen LogP contribution in [0.15, 0.2) is 0 Å². The second-order valence-corrected chi connectivity index (χ2v) is 7.72. The van der Waals surface area contributed by atoms with E-state index in [9.17, 15) is 19.5 Å². The van der Waals surface area contributed by atoms with E-state index in [0.717, 1.165) is 18.2 Å². The molecule has 1 saturated heterocycles. The Labute approximate surface area is 130 Å². The Morgan fingerprint density at radius 3 is 2.48 bits per heavy atom. The van der Waals surface area contributed by atoms with Crippen LogP contribution in [0.1, 0.15) is 19.3 Å². The van der Waals surface area contributed by atoms with E-state index in [0.29, 0.717) is 18.6 Å². The van der Waals surface area contributed by atoms with Gasteiger partial charge in [0.1, 0.15) is 29.9 Å². The molecule has 21 heavy (non-hydrogen) atoms. The van der Waals surface area contributed by atoms with E-state index in [1.165, 1.54) is 0 Å². The number of unbranched alkanes of at least 4 members (excludes halogenated alkanes) is 1. The molecule has 0 amide bonds. The Kier molecular flexibility index (Phi) is 8.32. The van der Waals surface area contributed by atoms with Crippen LogP contribution in [0, 0.1) is 5.41 Å². The molecule has 1 aliphatic heterocycles. The van der Waals surface area contributed by atoms with Gasteiger partial charge in [-0.1, -0.05) is 11.8 Å². The molecular formula is C12H23NO6S2. The zero-order valence-electron chi connectivity index (χ0n) is 11.8. The molecular weight excluding hydrogens is 318 g/mol. The first-order chi connectivity index (χ1) is 9.86. The van der Waals surface area contributed by atoms with Gasteiger partial charge in [0.25, 0.3) is 0 Å². The molecule has 6 atom stereocenters. The molecule has 1 unspecified atom stereocenters. The molecule has 1 aliphatic rings. The minimum atomic E-state index is -1.41. The number of thioether (sulfide) groups is 1. The van der Waals surface area contributed by atoms with Crippen molar-refractivity contribution < 1.29 is 29.4 Å². The van der Waals surface area contributed by atoms with Crippen LogP contribution in [0.3, 0.4) is 0 Å². The zero-order valence-corrected chi connectivity index (χ0v) is 13.5. The number of aliphatic hydroxyl groups excluding tert-OH is 4. The summed E-state index contributed by atoms with van der Waals surface area (Å²) >= 11 is 0.965. The molecule has 9 heteroatoms. The van der Waals surface area contributed by atoms with Crippen molar-refractivity contribution >= 4 is 27.6 Å². The van der Waals surface area contributed by atoms with Crippen LogP contribution in [-0.2, 0) is 15.5 Å². The predicted molar refractivity (Wildman–Crippen MR) is 81.9 cm³/mol. The first-order valence-electron chi connectivity index (χ1n) is 6.71. The van der Waals surface area contributed by atoms with Crippen molar-refractivity contribution in [2.45, 2.75) is 49.1 Å². The van der Waals surface area contributed by atoms with Gasteiger partial charge in [-0.2, -0.15) is 0 Å². The topological polar surface area (TPSA) is 131 Å². The first kappa shape index (κ1) is 19.0. The highest BCUT2D eigenvalue weighted by molar-refractivity contribution is 8.14. The van der Waals surface area contributed by atoms with E-state index in [1.807, 2.05) is 0 Å². The molecule has 1 rings (SSSR count). The lowest BCUT2D eigenvalue weighted by molar-refractivity contribution is -0.205. The molecule has 0 radical (unpaired) electrons. The third-order valence-electron chi connectivity index (χ3n) is 3.19. The van der Waals surface area contributed by atoms with Gasteiger partial charge in [-0.15, -0.1) is 0 Å². The number of hydrogen-bond acceptors (Lipinski definition) is 8. The number of rotatable bonds is 7. The maximum absolute atomic E-state index is 10.9. The first-order valence-corrected chi connectivity index (χ1v) is 9.32. The van der Waals surface area contributed by atoms with E-state index < -0.39 is 47.3 Å². The summed E-state index contributed by atoms with van der Waals surface area (Å²) in [4.78, 5) is 0. The smallest absolute Gasteiger partial charge is 0.137 e. The standard InChI is InChI=1S/C12H23NO6S2/c1-21(18)5-3-2-4-8(13)20-12-11(17)10(16)9(15)7(6-14)19-12/h7,9-17H,2-6H2,1H3/t7-,9-,10+,11-,12+,21?/m1/s1. The van der Waals surface area contributed by atoms with Crippen molar-refractivity contribution in [1.82, 2.24) is 0 Å². The van der Waals surface area contributed by atoms with Gasteiger partial charge in [0, 0.05) is 22.8 Å². The fraction of sp³-hybridized carbons (Fsp3) is 0.917.